The molecule has 0 fully saturated rings. The molecule has 0 atom stereocenters. The lowest BCUT2D eigenvalue weighted by atomic mass is 9.82. The Hall–Kier alpha value is -2.69. The lowest BCUT2D eigenvalue weighted by Crippen LogP contribution is -2.12. The normalized spacial score (nSPS) is 12.1. The average molecular weight is 455 g/mol. The van der Waals surface area contributed by atoms with E-state index >= 15 is 0 Å². The molecule has 0 aliphatic carbocycles. The first-order valence-electron chi connectivity index (χ1n) is 10.8. The summed E-state index contributed by atoms with van der Waals surface area (Å²) < 4.78 is 1.31. The molecule has 0 saturated carbocycles. The van der Waals surface area contributed by atoms with Crippen molar-refractivity contribution in [2.45, 2.75) is 44.9 Å². The third-order valence-electron chi connectivity index (χ3n) is 6.21. The van der Waals surface area contributed by atoms with E-state index in [-0.39, 0.29) is 5.41 Å². The zero-order valence-electron chi connectivity index (χ0n) is 19.0. The molecule has 32 heavy (non-hydrogen) atoms. The number of hydrogen-bond acceptors (Lipinski definition) is 4. The maximum atomic E-state index is 4.94. The van der Waals surface area contributed by atoms with Crippen LogP contribution in [0.3, 0.4) is 0 Å². The van der Waals surface area contributed by atoms with E-state index in [1.165, 1.54) is 36.9 Å². The van der Waals surface area contributed by atoms with E-state index < -0.39 is 0 Å². The zero-order valence-corrected chi connectivity index (χ0v) is 20.7. The minimum Gasteiger partial charge on any atom is -0.235 e. The molecule has 5 rings (SSSR count). The standard InChI is InChI=1S/C28H26N2S2/c1-16-17(2)32-24-11-10-19(13-22(16)24)25-27(31)26(30-15-29-25)20-12-18-8-6-7-9-21(18)23(14-20)28(3,4)5/h6-15,31H,1-5H3. The SMILES string of the molecule is Cc1sc2ccc(-c3ncnc(-c4cc(C(C)(C)C)c5ccccc5c4)c3S)cc2c1C. The van der Waals surface area contributed by atoms with Crippen LogP contribution in [-0.4, -0.2) is 9.97 Å². The minimum absolute atomic E-state index is 0.0155. The Kier molecular flexibility index (Phi) is 5.11. The molecule has 160 valence electrons. The Morgan fingerprint density at radius 2 is 1.53 bits per heavy atom. The quantitative estimate of drug-likeness (QED) is 0.271. The summed E-state index contributed by atoms with van der Waals surface area (Å²) in [5.74, 6) is 0. The number of nitrogens with zero attached hydrogens (tertiary/aromatic N) is 2. The molecule has 0 N–H and O–H groups in total. The van der Waals surface area contributed by atoms with E-state index in [1.54, 1.807) is 6.33 Å². The fraction of sp³-hybridized carbons (Fsp3) is 0.214. The highest BCUT2D eigenvalue weighted by molar-refractivity contribution is 7.80. The molecular formula is C28H26N2S2. The molecule has 3 aromatic carbocycles. The van der Waals surface area contributed by atoms with Crippen LogP contribution in [0.4, 0.5) is 0 Å². The summed E-state index contributed by atoms with van der Waals surface area (Å²) in [4.78, 5) is 11.5. The third-order valence-corrected chi connectivity index (χ3v) is 7.83. The Balaban J connectivity index is 1.71. The van der Waals surface area contributed by atoms with Crippen molar-refractivity contribution in [3.05, 3.63) is 76.9 Å². The monoisotopic (exact) mass is 454 g/mol. The van der Waals surface area contributed by atoms with Gasteiger partial charge in [0.2, 0.25) is 0 Å². The fourth-order valence-electron chi connectivity index (χ4n) is 4.36. The minimum atomic E-state index is 0.0155. The lowest BCUT2D eigenvalue weighted by Gasteiger charge is -2.23. The van der Waals surface area contributed by atoms with Gasteiger partial charge in [-0.05, 0) is 70.8 Å². The highest BCUT2D eigenvalue weighted by Gasteiger charge is 2.20. The van der Waals surface area contributed by atoms with Gasteiger partial charge in [-0.1, -0.05) is 51.1 Å². The van der Waals surface area contributed by atoms with Gasteiger partial charge in [0.1, 0.15) is 6.33 Å². The van der Waals surface area contributed by atoms with Gasteiger partial charge in [0.15, 0.2) is 0 Å². The Bertz CT molecular complexity index is 1490. The van der Waals surface area contributed by atoms with Crippen molar-refractivity contribution >= 4 is 44.8 Å². The van der Waals surface area contributed by atoms with Crippen molar-refractivity contribution in [2.75, 3.05) is 0 Å². The number of aryl methyl sites for hydroxylation is 2. The van der Waals surface area contributed by atoms with E-state index in [0.717, 1.165) is 27.4 Å². The summed E-state index contributed by atoms with van der Waals surface area (Å²) in [5, 5.41) is 3.79. The Labute approximate surface area is 198 Å². The van der Waals surface area contributed by atoms with Crippen LogP contribution < -0.4 is 0 Å². The van der Waals surface area contributed by atoms with Crippen molar-refractivity contribution in [3.8, 4) is 22.5 Å². The molecule has 0 aliphatic heterocycles. The second-order valence-electron chi connectivity index (χ2n) is 9.41. The first-order chi connectivity index (χ1) is 15.2. The molecule has 0 amide bonds. The fourth-order valence-corrected chi connectivity index (χ4v) is 5.78. The summed E-state index contributed by atoms with van der Waals surface area (Å²) in [6.45, 7) is 11.1. The molecule has 0 radical (unpaired) electrons. The topological polar surface area (TPSA) is 25.8 Å². The second kappa shape index (κ2) is 7.72. The van der Waals surface area contributed by atoms with Crippen LogP contribution in [0.5, 0.6) is 0 Å². The number of fused-ring (bicyclic) bond motifs is 2. The van der Waals surface area contributed by atoms with Gasteiger partial charge in [0.25, 0.3) is 0 Å². The number of thiophene rings is 1. The summed E-state index contributed by atoms with van der Waals surface area (Å²) in [5.41, 5.74) is 6.55. The molecule has 0 aliphatic rings. The van der Waals surface area contributed by atoms with E-state index in [0.29, 0.717) is 0 Å². The van der Waals surface area contributed by atoms with Crippen molar-refractivity contribution in [2.24, 2.45) is 0 Å². The van der Waals surface area contributed by atoms with Gasteiger partial charge in [-0.3, -0.25) is 0 Å². The Morgan fingerprint density at radius 3 is 2.28 bits per heavy atom. The van der Waals surface area contributed by atoms with Gasteiger partial charge >= 0.3 is 0 Å². The molecule has 0 bridgehead atoms. The van der Waals surface area contributed by atoms with Crippen molar-refractivity contribution < 1.29 is 0 Å². The summed E-state index contributed by atoms with van der Waals surface area (Å²) >= 11 is 6.78. The number of hydrogen-bond donors (Lipinski definition) is 1. The van der Waals surface area contributed by atoms with E-state index in [2.05, 4.69) is 99.2 Å². The predicted molar refractivity (Wildman–Crippen MR) is 141 cm³/mol. The summed E-state index contributed by atoms with van der Waals surface area (Å²) in [6.07, 6.45) is 1.66. The zero-order chi connectivity index (χ0) is 22.6. The molecule has 0 unspecified atom stereocenters. The van der Waals surface area contributed by atoms with Crippen LogP contribution >= 0.6 is 24.0 Å². The van der Waals surface area contributed by atoms with Crippen molar-refractivity contribution in [1.29, 1.82) is 0 Å². The third kappa shape index (κ3) is 3.52. The first kappa shape index (κ1) is 21.2. The number of aromatic nitrogens is 2. The molecule has 2 aromatic heterocycles. The van der Waals surface area contributed by atoms with E-state index in [1.807, 2.05) is 11.3 Å². The smallest absolute Gasteiger partial charge is 0.116 e. The van der Waals surface area contributed by atoms with Gasteiger partial charge in [0.05, 0.1) is 16.3 Å². The molecule has 0 spiro atoms. The number of thiol groups is 1. The maximum absolute atomic E-state index is 4.94. The molecule has 2 nitrogen and oxygen atoms in total. The first-order valence-corrected chi connectivity index (χ1v) is 12.1. The number of rotatable bonds is 2. The van der Waals surface area contributed by atoms with Crippen LogP contribution in [0, 0.1) is 13.8 Å². The van der Waals surface area contributed by atoms with Gasteiger partial charge in [0, 0.05) is 20.7 Å². The van der Waals surface area contributed by atoms with Gasteiger partial charge in [-0.15, -0.1) is 24.0 Å². The predicted octanol–water partition coefficient (Wildman–Crippen LogP) is 8.38. The second-order valence-corrected chi connectivity index (χ2v) is 11.1. The lowest BCUT2D eigenvalue weighted by molar-refractivity contribution is 0.596. The highest BCUT2D eigenvalue weighted by atomic mass is 32.1. The molecule has 2 heterocycles. The summed E-state index contributed by atoms with van der Waals surface area (Å²) in [7, 11) is 0. The molecular weight excluding hydrogens is 428 g/mol. The van der Waals surface area contributed by atoms with Crippen LogP contribution in [0.1, 0.15) is 36.8 Å². The molecule has 0 saturated heterocycles. The highest BCUT2D eigenvalue weighted by Crippen LogP contribution is 2.39. The van der Waals surface area contributed by atoms with Crippen LogP contribution in [0.15, 0.2) is 65.8 Å². The average Bonchev–Trinajstić information content (AvgIpc) is 3.05. The molecule has 4 heteroatoms. The summed E-state index contributed by atoms with van der Waals surface area (Å²) in [6, 6.07) is 19.6. The maximum Gasteiger partial charge on any atom is 0.116 e. The largest absolute Gasteiger partial charge is 0.235 e. The van der Waals surface area contributed by atoms with E-state index in [4.69, 9.17) is 12.6 Å². The van der Waals surface area contributed by atoms with Crippen LogP contribution in [-0.2, 0) is 5.41 Å². The Morgan fingerprint density at radius 1 is 0.812 bits per heavy atom. The van der Waals surface area contributed by atoms with Crippen molar-refractivity contribution in [3.63, 3.8) is 0 Å². The van der Waals surface area contributed by atoms with Crippen LogP contribution in [0.2, 0.25) is 0 Å². The molecule has 5 aromatic rings. The number of benzene rings is 3. The van der Waals surface area contributed by atoms with Gasteiger partial charge in [-0.25, -0.2) is 9.97 Å². The van der Waals surface area contributed by atoms with E-state index in [9.17, 15) is 0 Å². The van der Waals surface area contributed by atoms with Crippen molar-refractivity contribution in [1.82, 2.24) is 9.97 Å². The van der Waals surface area contributed by atoms with Crippen LogP contribution in [0.25, 0.3) is 43.4 Å². The van der Waals surface area contributed by atoms with Gasteiger partial charge < -0.3 is 0 Å². The van der Waals surface area contributed by atoms with Gasteiger partial charge in [-0.2, -0.15) is 0 Å².